The highest BCUT2D eigenvalue weighted by Gasteiger charge is 2.32. The van der Waals surface area contributed by atoms with E-state index in [0.29, 0.717) is 19.5 Å². The predicted octanol–water partition coefficient (Wildman–Crippen LogP) is 1.49. The summed E-state index contributed by atoms with van der Waals surface area (Å²) in [5.74, 6) is 0.00560. The van der Waals surface area contributed by atoms with E-state index < -0.39 is 0 Å². The third-order valence-corrected chi connectivity index (χ3v) is 3.47. The lowest BCUT2D eigenvalue weighted by Crippen LogP contribution is -2.54. The monoisotopic (exact) mass is 292 g/mol. The fourth-order valence-corrected chi connectivity index (χ4v) is 2.69. The van der Waals surface area contributed by atoms with Crippen LogP contribution in [0.5, 0.6) is 0 Å². The summed E-state index contributed by atoms with van der Waals surface area (Å²) in [5, 5.41) is 12.2. The van der Waals surface area contributed by atoms with Crippen molar-refractivity contribution in [3.8, 4) is 0 Å². The number of hydrogen-bond acceptors (Lipinski definition) is 4. The number of nitrogens with one attached hydrogen (secondary N) is 1. The number of nitrogens with zero attached hydrogens (tertiary/aromatic N) is 1. The molecule has 1 aromatic carbocycles. The summed E-state index contributed by atoms with van der Waals surface area (Å²) in [4.78, 5) is 14.1. The molecule has 1 aromatic rings. The molecule has 1 aliphatic heterocycles. The predicted molar refractivity (Wildman–Crippen MR) is 82.2 cm³/mol. The SMILES string of the molecule is CC1(C)CN(CCC(=O)Nc2ccccc2)CC(CO)O1. The number of ether oxygens (including phenoxy) is 1. The van der Waals surface area contributed by atoms with E-state index in [0.717, 1.165) is 12.2 Å². The second kappa shape index (κ2) is 7.02. The minimum absolute atomic E-state index is 0.00560. The van der Waals surface area contributed by atoms with Crippen molar-refractivity contribution in [2.75, 3.05) is 31.6 Å². The highest BCUT2D eigenvalue weighted by molar-refractivity contribution is 5.90. The Morgan fingerprint density at radius 1 is 1.43 bits per heavy atom. The van der Waals surface area contributed by atoms with E-state index in [1.54, 1.807) is 0 Å². The first-order chi connectivity index (χ1) is 9.98. The Morgan fingerprint density at radius 3 is 2.81 bits per heavy atom. The van der Waals surface area contributed by atoms with Crippen LogP contribution >= 0.6 is 0 Å². The molecule has 5 nitrogen and oxygen atoms in total. The second-order valence-electron chi connectivity index (χ2n) is 6.08. The molecule has 1 saturated heterocycles. The second-order valence-corrected chi connectivity index (χ2v) is 6.08. The molecule has 0 saturated carbocycles. The number of carbonyl (C=O) groups is 1. The van der Waals surface area contributed by atoms with Crippen molar-refractivity contribution in [1.29, 1.82) is 0 Å². The molecule has 1 fully saturated rings. The first kappa shape index (κ1) is 15.9. The van der Waals surface area contributed by atoms with Crippen LogP contribution in [0, 0.1) is 0 Å². The van der Waals surface area contributed by atoms with Crippen LogP contribution in [0.3, 0.4) is 0 Å². The van der Waals surface area contributed by atoms with Gasteiger partial charge in [0.2, 0.25) is 5.91 Å². The van der Waals surface area contributed by atoms with E-state index in [2.05, 4.69) is 10.2 Å². The summed E-state index contributed by atoms with van der Waals surface area (Å²) < 4.78 is 5.76. The number of para-hydroxylation sites is 1. The van der Waals surface area contributed by atoms with Crippen LogP contribution in [0.2, 0.25) is 0 Å². The number of morpholine rings is 1. The lowest BCUT2D eigenvalue weighted by atomic mass is 10.1. The summed E-state index contributed by atoms with van der Waals surface area (Å²) in [6.07, 6.45) is 0.259. The van der Waals surface area contributed by atoms with E-state index in [9.17, 15) is 9.90 Å². The number of rotatable bonds is 5. The summed E-state index contributed by atoms with van der Waals surface area (Å²) in [6.45, 7) is 6.12. The summed E-state index contributed by atoms with van der Waals surface area (Å²) in [7, 11) is 0. The molecule has 0 aromatic heterocycles. The normalized spacial score (nSPS) is 22.0. The van der Waals surface area contributed by atoms with Crippen molar-refractivity contribution in [3.05, 3.63) is 30.3 Å². The molecule has 1 atom stereocenters. The molecule has 2 rings (SSSR count). The quantitative estimate of drug-likeness (QED) is 0.863. The summed E-state index contributed by atoms with van der Waals surface area (Å²) in [5.41, 5.74) is 0.528. The van der Waals surface area contributed by atoms with Gasteiger partial charge in [0.15, 0.2) is 0 Å². The zero-order chi connectivity index (χ0) is 15.3. The van der Waals surface area contributed by atoms with Gasteiger partial charge in [0.1, 0.15) is 0 Å². The third-order valence-electron chi connectivity index (χ3n) is 3.47. The number of carbonyl (C=O) groups excluding carboxylic acids is 1. The largest absolute Gasteiger partial charge is 0.394 e. The Hall–Kier alpha value is -1.43. The minimum Gasteiger partial charge on any atom is -0.394 e. The molecule has 0 bridgehead atoms. The molecule has 1 unspecified atom stereocenters. The maximum atomic E-state index is 11.9. The maximum Gasteiger partial charge on any atom is 0.225 e. The summed E-state index contributed by atoms with van der Waals surface area (Å²) >= 11 is 0. The Bertz CT molecular complexity index is 462. The molecule has 5 heteroatoms. The van der Waals surface area contributed by atoms with E-state index in [-0.39, 0.29) is 24.2 Å². The van der Waals surface area contributed by atoms with Crippen molar-refractivity contribution < 1.29 is 14.6 Å². The number of anilines is 1. The van der Waals surface area contributed by atoms with Gasteiger partial charge >= 0.3 is 0 Å². The van der Waals surface area contributed by atoms with E-state index in [4.69, 9.17) is 4.74 Å². The van der Waals surface area contributed by atoms with Gasteiger partial charge in [-0.2, -0.15) is 0 Å². The summed E-state index contributed by atoms with van der Waals surface area (Å²) in [6, 6.07) is 9.45. The Kier molecular flexibility index (Phi) is 5.33. The fraction of sp³-hybridized carbons (Fsp3) is 0.562. The van der Waals surface area contributed by atoms with Crippen molar-refractivity contribution in [2.24, 2.45) is 0 Å². The number of benzene rings is 1. The van der Waals surface area contributed by atoms with Gasteiger partial charge in [0, 0.05) is 31.7 Å². The number of amides is 1. The van der Waals surface area contributed by atoms with Crippen LogP contribution in [-0.4, -0.2) is 53.9 Å². The van der Waals surface area contributed by atoms with Gasteiger partial charge in [-0.05, 0) is 26.0 Å². The van der Waals surface area contributed by atoms with Crippen molar-refractivity contribution >= 4 is 11.6 Å². The van der Waals surface area contributed by atoms with Gasteiger partial charge in [-0.15, -0.1) is 0 Å². The van der Waals surface area contributed by atoms with E-state index >= 15 is 0 Å². The van der Waals surface area contributed by atoms with Gasteiger partial charge in [-0.25, -0.2) is 0 Å². The zero-order valence-electron chi connectivity index (χ0n) is 12.7. The molecule has 21 heavy (non-hydrogen) atoms. The standard InChI is InChI=1S/C16H24N2O3/c1-16(2)12-18(10-14(11-19)21-16)9-8-15(20)17-13-6-4-3-5-7-13/h3-7,14,19H,8-12H2,1-2H3,(H,17,20). The van der Waals surface area contributed by atoms with Crippen LogP contribution in [-0.2, 0) is 9.53 Å². The Morgan fingerprint density at radius 2 is 2.14 bits per heavy atom. The smallest absolute Gasteiger partial charge is 0.225 e. The van der Waals surface area contributed by atoms with Crippen LogP contribution in [0.25, 0.3) is 0 Å². The molecular formula is C16H24N2O3. The molecule has 1 aliphatic rings. The molecule has 2 N–H and O–H groups in total. The maximum absolute atomic E-state index is 11.9. The van der Waals surface area contributed by atoms with Gasteiger partial charge in [-0.3, -0.25) is 9.69 Å². The minimum atomic E-state index is -0.290. The van der Waals surface area contributed by atoms with Gasteiger partial charge in [-0.1, -0.05) is 18.2 Å². The van der Waals surface area contributed by atoms with Crippen LogP contribution in [0.4, 0.5) is 5.69 Å². The third kappa shape index (κ3) is 5.12. The lowest BCUT2D eigenvalue weighted by Gasteiger charge is -2.42. The first-order valence-electron chi connectivity index (χ1n) is 7.34. The number of aliphatic hydroxyl groups excluding tert-OH is 1. The van der Waals surface area contributed by atoms with Gasteiger partial charge in [0.05, 0.1) is 18.3 Å². The average Bonchev–Trinajstić information content (AvgIpc) is 2.44. The van der Waals surface area contributed by atoms with Gasteiger partial charge < -0.3 is 15.2 Å². The van der Waals surface area contributed by atoms with Crippen molar-refractivity contribution in [3.63, 3.8) is 0 Å². The topological polar surface area (TPSA) is 61.8 Å². The molecule has 0 aliphatic carbocycles. The highest BCUT2D eigenvalue weighted by Crippen LogP contribution is 2.20. The van der Waals surface area contributed by atoms with Crippen molar-refractivity contribution in [1.82, 2.24) is 4.90 Å². The van der Waals surface area contributed by atoms with Crippen LogP contribution < -0.4 is 5.32 Å². The van der Waals surface area contributed by atoms with Gasteiger partial charge in [0.25, 0.3) is 0 Å². The lowest BCUT2D eigenvalue weighted by molar-refractivity contribution is -0.149. The number of hydrogen-bond donors (Lipinski definition) is 2. The fourth-order valence-electron chi connectivity index (χ4n) is 2.69. The highest BCUT2D eigenvalue weighted by atomic mass is 16.5. The molecular weight excluding hydrogens is 268 g/mol. The van der Waals surface area contributed by atoms with E-state index in [1.807, 2.05) is 44.2 Å². The molecule has 0 radical (unpaired) electrons. The molecule has 1 heterocycles. The number of aliphatic hydroxyl groups is 1. The Balaban J connectivity index is 1.80. The zero-order valence-corrected chi connectivity index (χ0v) is 12.7. The van der Waals surface area contributed by atoms with Crippen LogP contribution in [0.15, 0.2) is 30.3 Å². The van der Waals surface area contributed by atoms with E-state index in [1.165, 1.54) is 0 Å². The molecule has 0 spiro atoms. The van der Waals surface area contributed by atoms with Crippen LogP contribution in [0.1, 0.15) is 20.3 Å². The molecule has 116 valence electrons. The Labute approximate surface area is 125 Å². The average molecular weight is 292 g/mol. The first-order valence-corrected chi connectivity index (χ1v) is 7.34. The van der Waals surface area contributed by atoms with Crippen molar-refractivity contribution in [2.45, 2.75) is 32.0 Å². The molecule has 1 amide bonds.